The molecule has 0 amide bonds. The van der Waals surface area contributed by atoms with E-state index in [0.717, 1.165) is 0 Å². The van der Waals surface area contributed by atoms with Crippen LogP contribution in [-0.2, 0) is 0 Å². The van der Waals surface area contributed by atoms with E-state index in [1.54, 1.807) is 0 Å². The molecule has 0 spiro atoms. The Kier molecular flexibility index (Phi) is 3.28. The molecule has 3 aromatic heterocycles. The second-order valence-electron chi connectivity index (χ2n) is 11.6. The first kappa shape index (κ1) is 13.8. The van der Waals surface area contributed by atoms with Gasteiger partial charge in [0.05, 0.1) is 42.5 Å². The molecule has 11 aromatic rings. The number of para-hydroxylation sites is 1. The highest BCUT2D eigenvalue weighted by Gasteiger charge is 2.19. The fourth-order valence-electron chi connectivity index (χ4n) is 5.89. The first-order valence-electron chi connectivity index (χ1n) is 31.7. The van der Waals surface area contributed by atoms with Crippen LogP contribution in [0.25, 0.3) is 110 Å². The van der Waals surface area contributed by atoms with Gasteiger partial charge in [-0.25, -0.2) is 15.0 Å². The van der Waals surface area contributed by atoms with Crippen LogP contribution in [0.4, 0.5) is 0 Å². The third-order valence-corrected chi connectivity index (χ3v) is 9.44. The average Bonchev–Trinajstić information content (AvgIpc) is 1.70. The minimum absolute atomic E-state index is 0.341. The minimum atomic E-state index is -1.01. The van der Waals surface area contributed by atoms with Crippen LogP contribution < -0.4 is 0 Å². The van der Waals surface area contributed by atoms with Gasteiger partial charge in [-0.3, -0.25) is 0 Å². The zero-order valence-corrected chi connectivity index (χ0v) is 28.5. The number of hydrogen-bond acceptors (Lipinski definition) is 5. The zero-order chi connectivity index (χ0) is 64.0. The summed E-state index contributed by atoms with van der Waals surface area (Å²) >= 11 is 0.487. The van der Waals surface area contributed by atoms with Gasteiger partial charge in [-0.2, -0.15) is 0 Å². The Morgan fingerprint density at radius 1 is 0.375 bits per heavy atom. The van der Waals surface area contributed by atoms with Crippen LogP contribution in [0.1, 0.15) is 42.5 Å². The maximum absolute atomic E-state index is 9.85. The molecular formula is C51H31N3OS. The molecule has 0 saturated carbocycles. The number of hydrogen-bond donors (Lipinski definition) is 0. The van der Waals surface area contributed by atoms with Crippen molar-refractivity contribution >= 4 is 53.4 Å². The van der Waals surface area contributed by atoms with E-state index in [9.17, 15) is 11.0 Å². The predicted octanol–water partition coefficient (Wildman–Crippen LogP) is 14.1. The summed E-state index contributed by atoms with van der Waals surface area (Å²) in [6.45, 7) is 0. The van der Waals surface area contributed by atoms with E-state index in [4.69, 9.17) is 35.9 Å². The Morgan fingerprint density at radius 2 is 0.982 bits per heavy atom. The molecule has 56 heavy (non-hydrogen) atoms. The summed E-state index contributed by atoms with van der Waals surface area (Å²) in [5.74, 6) is -2.54. The van der Waals surface area contributed by atoms with Gasteiger partial charge in [0, 0.05) is 47.6 Å². The molecular weight excluding hydrogens is 703 g/mol. The van der Waals surface area contributed by atoms with Gasteiger partial charge in [0.15, 0.2) is 17.5 Å². The lowest BCUT2D eigenvalue weighted by Gasteiger charge is -2.10. The Morgan fingerprint density at radius 3 is 1.79 bits per heavy atom. The van der Waals surface area contributed by atoms with Crippen molar-refractivity contribution in [2.24, 2.45) is 0 Å². The van der Waals surface area contributed by atoms with Gasteiger partial charge in [0.2, 0.25) is 0 Å². The topological polar surface area (TPSA) is 51.8 Å². The highest BCUT2D eigenvalue weighted by atomic mass is 32.1. The predicted molar refractivity (Wildman–Crippen MR) is 233 cm³/mol. The van der Waals surface area contributed by atoms with Crippen LogP contribution in [0, 0.1) is 0 Å². The highest BCUT2D eigenvalue weighted by Crippen LogP contribution is 2.44. The van der Waals surface area contributed by atoms with E-state index < -0.39 is 288 Å². The first-order valence-corrected chi connectivity index (χ1v) is 17.0. The van der Waals surface area contributed by atoms with Gasteiger partial charge in [-0.1, -0.05) is 151 Å². The van der Waals surface area contributed by atoms with Crippen molar-refractivity contribution in [3.63, 3.8) is 0 Å². The van der Waals surface area contributed by atoms with E-state index in [0.29, 0.717) is 11.3 Å². The van der Waals surface area contributed by atoms with Crippen molar-refractivity contribution in [1.29, 1.82) is 0 Å². The third kappa shape index (κ3) is 5.56. The van der Waals surface area contributed by atoms with E-state index >= 15 is 0 Å². The molecule has 5 heteroatoms. The van der Waals surface area contributed by atoms with Gasteiger partial charge >= 0.3 is 0 Å². The molecule has 0 fully saturated rings. The standard InChI is InChI=1S/C51H31N3OS/c1-4-14-32(15-5-1)35-20-12-21-37(28-35)50-52-49(34-18-8-3-9-19-34)53-51(54-50)42-24-13-23-40-39-27-26-36(31-46(39)56-48(40)42)38-29-43(33-16-6-2-7-17-33)47-41-22-10-11-25-44(41)55-45(47)30-38/h1-31H/i1D,2D,3D,4D,5D,6D,7D,8D,9D,10D,11D,12D,13D,14D,15D,16D,17D,18D,19D,20D,21D,22D,23D,24D,25D,26D,27D,28D,29D,30D,31D. The second-order valence-corrected chi connectivity index (χ2v) is 12.6. The second kappa shape index (κ2) is 13.3. The SMILES string of the molecule is [2H]c1c([2H])c([2H])c(-c2nc(-c3c([2H])c([2H])c([2H])c(-c4c([2H])c([2H])c([2H])c([2H])c4[2H])c3[2H])nc(-c3c([2H])c([2H])c([2H])c4c3sc3c([2H])c(-c5c([2H])c(-c6c([2H])c([2H])c([2H])c([2H])c6[2H])c6c(oc7c([2H])c([2H])c([2H])c([2H])c76)c5[2H])c([2H])c([2H])c34)n2)c([2H])c1[2H]. The van der Waals surface area contributed by atoms with E-state index in [-0.39, 0.29) is 9.40 Å². The van der Waals surface area contributed by atoms with Gasteiger partial charge in [0.25, 0.3) is 0 Å². The van der Waals surface area contributed by atoms with Gasteiger partial charge in [-0.05, 0) is 69.6 Å². The Labute approximate surface area is 370 Å². The summed E-state index contributed by atoms with van der Waals surface area (Å²) in [5, 5.41) is -1.80. The number of fused-ring (bicyclic) bond motifs is 6. The van der Waals surface area contributed by atoms with Gasteiger partial charge in [0.1, 0.15) is 11.2 Å². The quantitative estimate of drug-likeness (QED) is 0.169. The lowest BCUT2D eigenvalue weighted by atomic mass is 9.94. The van der Waals surface area contributed by atoms with Crippen molar-refractivity contribution in [1.82, 2.24) is 15.0 Å². The van der Waals surface area contributed by atoms with Gasteiger partial charge < -0.3 is 4.42 Å². The Balaban J connectivity index is 1.28. The van der Waals surface area contributed by atoms with Crippen molar-refractivity contribution in [3.05, 3.63) is 187 Å². The van der Waals surface area contributed by atoms with Crippen LogP contribution in [0.15, 0.2) is 192 Å². The molecule has 0 aliphatic heterocycles. The van der Waals surface area contributed by atoms with Crippen LogP contribution in [-0.4, -0.2) is 15.0 Å². The lowest BCUT2D eigenvalue weighted by molar-refractivity contribution is 0.669. The number of furan rings is 1. The number of thiophene rings is 1. The van der Waals surface area contributed by atoms with Crippen molar-refractivity contribution in [2.75, 3.05) is 0 Å². The third-order valence-electron chi connectivity index (χ3n) is 8.32. The van der Waals surface area contributed by atoms with Gasteiger partial charge in [-0.15, -0.1) is 11.3 Å². The molecule has 3 heterocycles. The van der Waals surface area contributed by atoms with E-state index in [2.05, 4.69) is 15.0 Å². The summed E-state index contributed by atoms with van der Waals surface area (Å²) in [5.41, 5.74) is -7.85. The molecule has 0 unspecified atom stereocenters. The Bertz CT molecular complexity index is 4990. The molecule has 0 atom stereocenters. The minimum Gasteiger partial charge on any atom is -0.456 e. The number of benzene rings is 8. The maximum Gasteiger partial charge on any atom is 0.165 e. The first-order chi connectivity index (χ1) is 40.6. The lowest BCUT2D eigenvalue weighted by Crippen LogP contribution is -2.00. The van der Waals surface area contributed by atoms with Crippen molar-refractivity contribution in [3.8, 4) is 67.5 Å². The summed E-state index contributed by atoms with van der Waals surface area (Å²) in [4.78, 5) is 13.2. The molecule has 11 rings (SSSR count). The fraction of sp³-hybridized carbons (Fsp3) is 0. The normalized spacial score (nSPS) is 19.3. The molecule has 0 N–H and O–H groups in total. The molecule has 262 valence electrons. The highest BCUT2D eigenvalue weighted by molar-refractivity contribution is 7.26. The summed E-state index contributed by atoms with van der Waals surface area (Å²) in [7, 11) is 0. The zero-order valence-electron chi connectivity index (χ0n) is 58.7. The summed E-state index contributed by atoms with van der Waals surface area (Å²) < 4.78 is 281. The van der Waals surface area contributed by atoms with E-state index in [1.807, 2.05) is 0 Å². The summed E-state index contributed by atoms with van der Waals surface area (Å²) in [6.07, 6.45) is 0. The van der Waals surface area contributed by atoms with Crippen LogP contribution in [0.2, 0.25) is 0 Å². The number of nitrogens with zero attached hydrogens (tertiary/aromatic N) is 3. The average molecular weight is 765 g/mol. The summed E-state index contributed by atoms with van der Waals surface area (Å²) in [6, 6.07) is -27.8. The molecule has 0 bridgehead atoms. The monoisotopic (exact) mass is 764 g/mol. The molecule has 0 aliphatic carbocycles. The van der Waals surface area contributed by atoms with Crippen LogP contribution in [0.3, 0.4) is 0 Å². The molecule has 8 aromatic carbocycles. The fourth-order valence-corrected chi connectivity index (χ4v) is 7.01. The molecule has 4 nitrogen and oxygen atoms in total. The largest absolute Gasteiger partial charge is 0.456 e. The van der Waals surface area contributed by atoms with Crippen LogP contribution in [0.5, 0.6) is 0 Å². The molecule has 0 radical (unpaired) electrons. The Hall–Kier alpha value is -7.21. The molecule has 0 aliphatic rings. The van der Waals surface area contributed by atoms with E-state index in [1.165, 1.54) is 0 Å². The smallest absolute Gasteiger partial charge is 0.165 e. The molecule has 0 saturated heterocycles. The van der Waals surface area contributed by atoms with Crippen molar-refractivity contribution < 1.29 is 46.9 Å². The number of aromatic nitrogens is 3. The van der Waals surface area contributed by atoms with Crippen LogP contribution >= 0.6 is 11.3 Å². The maximum atomic E-state index is 9.85. The van der Waals surface area contributed by atoms with Crippen molar-refractivity contribution in [2.45, 2.75) is 0 Å². The number of rotatable bonds is 6.